The third-order valence-electron chi connectivity index (χ3n) is 3.49. The quantitative estimate of drug-likeness (QED) is 0.631. The van der Waals surface area contributed by atoms with Gasteiger partial charge in [0.25, 0.3) is 0 Å². The number of hydrazine groups is 1. The van der Waals surface area contributed by atoms with Crippen molar-refractivity contribution in [3.8, 4) is 0 Å². The average Bonchev–Trinajstić information content (AvgIpc) is 2.40. The first kappa shape index (κ1) is 13.2. The highest BCUT2D eigenvalue weighted by molar-refractivity contribution is 5.87. The first-order chi connectivity index (χ1) is 9.08. The molecule has 1 aromatic rings. The highest BCUT2D eigenvalue weighted by Crippen LogP contribution is 2.35. The van der Waals surface area contributed by atoms with Crippen LogP contribution < -0.4 is 10.7 Å². The van der Waals surface area contributed by atoms with Gasteiger partial charge in [0.1, 0.15) is 6.33 Å². The monoisotopic (exact) mass is 265 g/mol. The van der Waals surface area contributed by atoms with Crippen molar-refractivity contribution in [2.24, 2.45) is 5.73 Å². The van der Waals surface area contributed by atoms with Crippen LogP contribution in [0.5, 0.6) is 0 Å². The fourth-order valence-corrected chi connectivity index (χ4v) is 2.57. The van der Waals surface area contributed by atoms with Crippen molar-refractivity contribution in [2.75, 3.05) is 5.01 Å². The summed E-state index contributed by atoms with van der Waals surface area (Å²) in [6, 6.07) is 1.40. The second-order valence-corrected chi connectivity index (χ2v) is 4.57. The topological polar surface area (TPSA) is 115 Å². The van der Waals surface area contributed by atoms with Gasteiger partial charge >= 0.3 is 0 Å². The van der Waals surface area contributed by atoms with E-state index in [1.165, 1.54) is 18.6 Å². The molecule has 1 heterocycles. The number of hydrogen-bond acceptors (Lipinski definition) is 5. The molecular weight excluding hydrogens is 250 g/mol. The Bertz CT molecular complexity index is 472. The average molecular weight is 265 g/mol. The van der Waals surface area contributed by atoms with Gasteiger partial charge in [-0.3, -0.25) is 4.79 Å². The molecule has 1 aromatic heterocycles. The third kappa shape index (κ3) is 2.33. The molecule has 1 saturated carbocycles. The van der Waals surface area contributed by atoms with E-state index in [1.807, 2.05) is 0 Å². The molecule has 0 unspecified atom stereocenters. The minimum absolute atomic E-state index is 0.0840. The number of carbonyl (C=O) groups excluding carboxylic acids is 1. The number of nitrogens with two attached hydrogens (primary N) is 1. The lowest BCUT2D eigenvalue weighted by Gasteiger charge is -2.37. The van der Waals surface area contributed by atoms with Crippen molar-refractivity contribution in [1.29, 1.82) is 0 Å². The highest BCUT2D eigenvalue weighted by Gasteiger charge is 2.51. The van der Waals surface area contributed by atoms with Crippen LogP contribution in [0.15, 0.2) is 18.6 Å². The van der Waals surface area contributed by atoms with E-state index in [-0.39, 0.29) is 5.82 Å². The number of primary amides is 1. The van der Waals surface area contributed by atoms with Crippen LogP contribution in [-0.4, -0.2) is 26.4 Å². The van der Waals surface area contributed by atoms with E-state index in [9.17, 15) is 14.9 Å². The largest absolute Gasteiger partial charge is 0.367 e. The van der Waals surface area contributed by atoms with Crippen molar-refractivity contribution in [3.05, 3.63) is 28.7 Å². The molecule has 1 amide bonds. The molecule has 0 radical (unpaired) electrons. The number of rotatable bonds is 4. The van der Waals surface area contributed by atoms with Gasteiger partial charge in [-0.2, -0.15) is 0 Å². The summed E-state index contributed by atoms with van der Waals surface area (Å²) in [7, 11) is 0. The summed E-state index contributed by atoms with van der Waals surface area (Å²) in [5.74, 6) is -0.594. The van der Waals surface area contributed by atoms with Crippen LogP contribution in [-0.2, 0) is 4.79 Å². The first-order valence-corrected chi connectivity index (χ1v) is 6.08. The van der Waals surface area contributed by atoms with Crippen LogP contribution in [0.2, 0.25) is 0 Å². The summed E-state index contributed by atoms with van der Waals surface area (Å²) in [6.45, 7) is 0. The second-order valence-electron chi connectivity index (χ2n) is 4.57. The predicted octanol–water partition coefficient (Wildman–Crippen LogP) is 0.663. The fourth-order valence-electron chi connectivity index (χ4n) is 2.57. The van der Waals surface area contributed by atoms with E-state index in [4.69, 9.17) is 5.73 Å². The van der Waals surface area contributed by atoms with Crippen LogP contribution in [0.1, 0.15) is 32.1 Å². The zero-order valence-corrected chi connectivity index (χ0v) is 10.4. The first-order valence-electron chi connectivity index (χ1n) is 6.08. The van der Waals surface area contributed by atoms with E-state index in [0.29, 0.717) is 12.8 Å². The molecule has 0 saturated heterocycles. The van der Waals surface area contributed by atoms with Crippen molar-refractivity contribution < 1.29 is 9.83 Å². The number of amides is 1. The maximum atomic E-state index is 11.8. The van der Waals surface area contributed by atoms with Crippen LogP contribution in [0.3, 0.4) is 0 Å². The summed E-state index contributed by atoms with van der Waals surface area (Å²) in [4.78, 5) is 30.8. The minimum Gasteiger partial charge on any atom is -0.367 e. The lowest BCUT2D eigenvalue weighted by molar-refractivity contribution is -0.506. The highest BCUT2D eigenvalue weighted by atomic mass is 16.7. The normalized spacial score (nSPS) is 17.7. The second kappa shape index (κ2) is 5.17. The lowest BCUT2D eigenvalue weighted by atomic mass is 9.80. The van der Waals surface area contributed by atoms with Gasteiger partial charge < -0.3 is 5.73 Å². The zero-order valence-electron chi connectivity index (χ0n) is 10.4. The summed E-state index contributed by atoms with van der Waals surface area (Å²) < 4.78 is 0. The molecule has 1 aliphatic rings. The Morgan fingerprint density at radius 2 is 2.11 bits per heavy atom. The number of anilines is 1. The number of carbonyl (C=O) groups is 1. The maximum Gasteiger partial charge on any atom is 0.249 e. The fraction of sp³-hybridized carbons (Fsp3) is 0.545. The zero-order chi connectivity index (χ0) is 13.9. The Balaban J connectivity index is 2.47. The molecule has 0 atom stereocenters. The smallest absolute Gasteiger partial charge is 0.249 e. The molecule has 0 aliphatic heterocycles. The predicted molar refractivity (Wildman–Crippen MR) is 66.5 cm³/mol. The SMILES string of the molecule is NC(=O)C1(N(c2ccncn2)[N+](=O)[O-])CCCCC1. The molecule has 1 fully saturated rings. The molecule has 2 rings (SSSR count). The summed E-state index contributed by atoms with van der Waals surface area (Å²) >= 11 is 0. The minimum atomic E-state index is -1.30. The van der Waals surface area contributed by atoms with Crippen LogP contribution in [0.4, 0.5) is 5.82 Å². The molecule has 19 heavy (non-hydrogen) atoms. The van der Waals surface area contributed by atoms with E-state index >= 15 is 0 Å². The van der Waals surface area contributed by atoms with Crippen molar-refractivity contribution in [2.45, 2.75) is 37.6 Å². The Labute approximate surface area is 109 Å². The summed E-state index contributed by atoms with van der Waals surface area (Å²) in [5.41, 5.74) is 4.15. The Morgan fingerprint density at radius 1 is 1.42 bits per heavy atom. The molecule has 8 nitrogen and oxygen atoms in total. The third-order valence-corrected chi connectivity index (χ3v) is 3.49. The molecule has 102 valence electrons. The van der Waals surface area contributed by atoms with Crippen molar-refractivity contribution >= 4 is 11.7 Å². The van der Waals surface area contributed by atoms with Crippen LogP contribution in [0.25, 0.3) is 0 Å². The summed E-state index contributed by atoms with van der Waals surface area (Å²) in [5, 5.41) is 11.6. The Kier molecular flexibility index (Phi) is 3.59. The van der Waals surface area contributed by atoms with Gasteiger partial charge in [0.15, 0.2) is 16.4 Å². The van der Waals surface area contributed by atoms with E-state index in [0.717, 1.165) is 24.3 Å². The van der Waals surface area contributed by atoms with Gasteiger partial charge in [-0.25, -0.2) is 20.1 Å². The van der Waals surface area contributed by atoms with Gasteiger partial charge in [0, 0.05) is 12.3 Å². The molecule has 0 spiro atoms. The van der Waals surface area contributed by atoms with Crippen LogP contribution >= 0.6 is 0 Å². The molecule has 1 aliphatic carbocycles. The number of aromatic nitrogens is 2. The van der Waals surface area contributed by atoms with Crippen molar-refractivity contribution in [3.63, 3.8) is 0 Å². The van der Waals surface area contributed by atoms with Gasteiger partial charge in [-0.05, 0) is 12.8 Å². The standard InChI is InChI=1S/C11H15N5O3/c12-10(17)11(5-2-1-3-6-11)15(16(18)19)9-4-7-13-8-14-9/h4,7-8H,1-3,5-6H2,(H2,12,17). The van der Waals surface area contributed by atoms with E-state index in [1.54, 1.807) is 0 Å². The van der Waals surface area contributed by atoms with Gasteiger partial charge in [0.05, 0.1) is 0 Å². The number of nitrogens with zero attached hydrogens (tertiary/aromatic N) is 4. The van der Waals surface area contributed by atoms with Crippen molar-refractivity contribution in [1.82, 2.24) is 9.97 Å². The van der Waals surface area contributed by atoms with E-state index < -0.39 is 16.5 Å². The number of hydrogen-bond donors (Lipinski definition) is 1. The Morgan fingerprint density at radius 3 is 2.58 bits per heavy atom. The van der Waals surface area contributed by atoms with Crippen LogP contribution in [0, 0.1) is 10.1 Å². The molecule has 0 bridgehead atoms. The van der Waals surface area contributed by atoms with Gasteiger partial charge in [-0.1, -0.05) is 24.3 Å². The lowest BCUT2D eigenvalue weighted by Crippen LogP contribution is -2.61. The maximum absolute atomic E-state index is 11.8. The number of nitro groups is 1. The van der Waals surface area contributed by atoms with Gasteiger partial charge in [-0.15, -0.1) is 0 Å². The molecular formula is C11H15N5O3. The summed E-state index contributed by atoms with van der Waals surface area (Å²) in [6.07, 6.45) is 5.77. The van der Waals surface area contributed by atoms with Gasteiger partial charge in [0.2, 0.25) is 5.91 Å². The Hall–Kier alpha value is -2.25. The molecule has 0 aromatic carbocycles. The van der Waals surface area contributed by atoms with E-state index in [2.05, 4.69) is 9.97 Å². The molecule has 2 N–H and O–H groups in total. The molecule has 8 heteroatoms.